The van der Waals surface area contributed by atoms with Gasteiger partial charge in [0, 0.05) is 5.82 Å². The Hall–Kier alpha value is -0.405. The van der Waals surface area contributed by atoms with E-state index in [0.29, 0.717) is 0 Å². The second-order valence-corrected chi connectivity index (χ2v) is 1.67. The van der Waals surface area contributed by atoms with E-state index >= 15 is 0 Å². The van der Waals surface area contributed by atoms with Crippen molar-refractivity contribution < 1.29 is 13.2 Å². The molecule has 0 aromatic rings. The summed E-state index contributed by atoms with van der Waals surface area (Å²) in [4.78, 5) is 0. The molecule has 0 N–H and O–H groups in total. The van der Waals surface area contributed by atoms with Gasteiger partial charge in [0.05, 0.1) is 7.85 Å². The van der Waals surface area contributed by atoms with Gasteiger partial charge in [0.2, 0.25) is 0 Å². The quantitative estimate of drug-likeness (QED) is 0.400. The van der Waals surface area contributed by atoms with Crippen molar-refractivity contribution in [2.45, 2.75) is 18.4 Å². The van der Waals surface area contributed by atoms with Gasteiger partial charge in [0.25, 0.3) is 0 Å². The van der Waals surface area contributed by atoms with Crippen molar-refractivity contribution in [3.63, 3.8) is 0 Å². The first-order valence-electron chi connectivity index (χ1n) is 2.41. The molecule has 50 valence electrons. The first-order valence-corrected chi connectivity index (χ1v) is 2.41. The molecule has 0 aromatic carbocycles. The van der Waals surface area contributed by atoms with Gasteiger partial charge in [-0.3, -0.25) is 0 Å². The normalized spacial score (nSPS) is 15.0. The van der Waals surface area contributed by atoms with Crippen LogP contribution in [0, 0.1) is 0 Å². The van der Waals surface area contributed by atoms with Crippen molar-refractivity contribution in [1.82, 2.24) is 0 Å². The number of rotatable bonds is 2. The van der Waals surface area contributed by atoms with E-state index in [2.05, 4.69) is 14.4 Å². The van der Waals surface area contributed by atoms with Crippen molar-refractivity contribution in [1.29, 1.82) is 0 Å². The topological polar surface area (TPSA) is 0 Å². The number of hydrogen-bond acceptors (Lipinski definition) is 0. The molecule has 0 heterocycles. The lowest BCUT2D eigenvalue weighted by Crippen LogP contribution is -2.16. The van der Waals surface area contributed by atoms with Crippen molar-refractivity contribution >= 4 is 7.85 Å². The largest absolute Gasteiger partial charge is 0.384 e. The van der Waals surface area contributed by atoms with Gasteiger partial charge < -0.3 is 0 Å². The highest BCUT2D eigenvalue weighted by Gasteiger charge is 2.33. The van der Waals surface area contributed by atoms with Crippen LogP contribution < -0.4 is 0 Å². The Kier molecular flexibility index (Phi) is 2.81. The van der Waals surface area contributed by atoms with Gasteiger partial charge in [-0.1, -0.05) is 6.08 Å². The first kappa shape index (κ1) is 8.59. The van der Waals surface area contributed by atoms with Gasteiger partial charge in [-0.25, -0.2) is 0 Å². The molecular formula is C5H6BF3. The Morgan fingerprint density at radius 2 is 2.00 bits per heavy atom. The van der Waals surface area contributed by atoms with Gasteiger partial charge in [-0.05, 0) is 6.42 Å². The van der Waals surface area contributed by atoms with Crippen LogP contribution in [0.1, 0.15) is 6.42 Å². The Labute approximate surface area is 53.2 Å². The van der Waals surface area contributed by atoms with E-state index in [9.17, 15) is 13.2 Å². The van der Waals surface area contributed by atoms with Crippen LogP contribution in [0.2, 0.25) is 5.82 Å². The predicted molar refractivity (Wildman–Crippen MR) is 30.4 cm³/mol. The maximum Gasteiger partial charge on any atom is 0.384 e. The van der Waals surface area contributed by atoms with Crippen LogP contribution in [0.15, 0.2) is 12.7 Å². The van der Waals surface area contributed by atoms with E-state index in [1.165, 1.54) is 0 Å². The Morgan fingerprint density at radius 3 is 2.11 bits per heavy atom. The first-order chi connectivity index (χ1) is 3.98. The summed E-state index contributed by atoms with van der Waals surface area (Å²) >= 11 is 0. The summed E-state index contributed by atoms with van der Waals surface area (Å²) in [6.45, 7) is 3.13. The third kappa shape index (κ3) is 3.22. The zero-order valence-corrected chi connectivity index (χ0v) is 4.78. The van der Waals surface area contributed by atoms with Gasteiger partial charge >= 0.3 is 6.18 Å². The lowest BCUT2D eigenvalue weighted by molar-refractivity contribution is -0.132. The summed E-state index contributed by atoms with van der Waals surface area (Å²) in [5.41, 5.74) is 0. The van der Waals surface area contributed by atoms with Crippen LogP contribution >= 0.6 is 0 Å². The van der Waals surface area contributed by atoms with Gasteiger partial charge in [-0.15, -0.1) is 6.58 Å². The Bertz CT molecular complexity index is 96.9. The highest BCUT2D eigenvalue weighted by molar-refractivity contribution is 6.12. The van der Waals surface area contributed by atoms with E-state index in [4.69, 9.17) is 0 Å². The number of hydrogen-bond donors (Lipinski definition) is 0. The van der Waals surface area contributed by atoms with Crippen LogP contribution in [0.3, 0.4) is 0 Å². The van der Waals surface area contributed by atoms with Gasteiger partial charge in [0.1, 0.15) is 0 Å². The highest BCUT2D eigenvalue weighted by atomic mass is 19.4. The zero-order chi connectivity index (χ0) is 7.49. The maximum atomic E-state index is 11.5. The van der Waals surface area contributed by atoms with Crippen LogP contribution in [0.5, 0.6) is 0 Å². The smallest absolute Gasteiger partial charge is 0.172 e. The molecule has 0 spiro atoms. The number of halogens is 3. The van der Waals surface area contributed by atoms with E-state index in [-0.39, 0.29) is 6.42 Å². The van der Waals surface area contributed by atoms with Crippen molar-refractivity contribution in [3.05, 3.63) is 12.7 Å². The molecule has 0 aliphatic carbocycles. The molecular weight excluding hydrogens is 128 g/mol. The van der Waals surface area contributed by atoms with Crippen LogP contribution in [0.4, 0.5) is 13.2 Å². The van der Waals surface area contributed by atoms with Crippen molar-refractivity contribution in [2.75, 3.05) is 0 Å². The SMILES string of the molecule is [B]C(CC=C)C(F)(F)F. The fraction of sp³-hybridized carbons (Fsp3) is 0.600. The molecule has 0 nitrogen and oxygen atoms in total. The number of alkyl halides is 3. The molecule has 4 heteroatoms. The molecule has 9 heavy (non-hydrogen) atoms. The molecule has 0 amide bonds. The molecule has 0 aliphatic rings. The monoisotopic (exact) mass is 134 g/mol. The minimum absolute atomic E-state index is 0.219. The fourth-order valence-corrected chi connectivity index (χ4v) is 0.313. The van der Waals surface area contributed by atoms with Crippen molar-refractivity contribution in [3.8, 4) is 0 Å². The number of allylic oxidation sites excluding steroid dienone is 1. The van der Waals surface area contributed by atoms with E-state index in [0.717, 1.165) is 6.08 Å². The minimum Gasteiger partial charge on any atom is -0.172 e. The molecule has 0 fully saturated rings. The maximum absolute atomic E-state index is 11.5. The van der Waals surface area contributed by atoms with Crippen LogP contribution in [0.25, 0.3) is 0 Å². The second-order valence-electron chi connectivity index (χ2n) is 1.67. The summed E-state index contributed by atoms with van der Waals surface area (Å²) in [5.74, 6) is -1.75. The fourth-order valence-electron chi connectivity index (χ4n) is 0.313. The summed E-state index contributed by atoms with van der Waals surface area (Å²) in [7, 11) is 4.66. The third-order valence-corrected chi connectivity index (χ3v) is 0.841. The van der Waals surface area contributed by atoms with Gasteiger partial charge in [0.15, 0.2) is 0 Å². The molecule has 1 unspecified atom stereocenters. The van der Waals surface area contributed by atoms with Crippen LogP contribution in [-0.4, -0.2) is 14.0 Å². The molecule has 0 bridgehead atoms. The average molecular weight is 134 g/mol. The average Bonchev–Trinajstić information content (AvgIpc) is 1.64. The molecule has 0 aliphatic heterocycles. The van der Waals surface area contributed by atoms with E-state index < -0.39 is 12.0 Å². The predicted octanol–water partition coefficient (Wildman–Crippen LogP) is 2.08. The lowest BCUT2D eigenvalue weighted by atomic mass is 9.84. The summed E-state index contributed by atoms with van der Waals surface area (Å²) < 4.78 is 34.4. The Morgan fingerprint density at radius 1 is 1.56 bits per heavy atom. The second kappa shape index (κ2) is 2.94. The van der Waals surface area contributed by atoms with Gasteiger partial charge in [-0.2, -0.15) is 13.2 Å². The van der Waals surface area contributed by atoms with Crippen molar-refractivity contribution in [2.24, 2.45) is 0 Å². The highest BCUT2D eigenvalue weighted by Crippen LogP contribution is 2.30. The van der Waals surface area contributed by atoms with E-state index in [1.54, 1.807) is 0 Å². The van der Waals surface area contributed by atoms with Crippen LogP contribution in [-0.2, 0) is 0 Å². The zero-order valence-electron chi connectivity index (χ0n) is 4.78. The van der Waals surface area contributed by atoms with E-state index in [1.807, 2.05) is 0 Å². The molecule has 0 saturated carbocycles. The molecule has 0 rings (SSSR count). The molecule has 0 saturated heterocycles. The molecule has 1 atom stereocenters. The third-order valence-electron chi connectivity index (χ3n) is 0.841. The summed E-state index contributed by atoms with van der Waals surface area (Å²) in [6, 6.07) is 0. The Balaban J connectivity index is 3.72. The molecule has 2 radical (unpaired) electrons. The summed E-state index contributed by atoms with van der Waals surface area (Å²) in [6.07, 6.45) is -3.35. The lowest BCUT2D eigenvalue weighted by Gasteiger charge is -2.12. The minimum atomic E-state index is -4.28. The molecule has 0 aromatic heterocycles. The standard InChI is InChI=1S/C5H6BF3/c1-2-3-4(6)5(7,8)9/h2,4H,1,3H2. The summed E-state index contributed by atoms with van der Waals surface area (Å²) in [5, 5.41) is 0.